The number of allylic oxidation sites excluding steroid dienone is 1. The Balaban J connectivity index is 1.65. The Morgan fingerprint density at radius 1 is 1.20 bits per heavy atom. The van der Waals surface area contributed by atoms with E-state index in [9.17, 15) is 4.79 Å². The van der Waals surface area contributed by atoms with E-state index in [1.807, 2.05) is 48.7 Å². The highest BCUT2D eigenvalue weighted by molar-refractivity contribution is 7.99. The fourth-order valence-electron chi connectivity index (χ4n) is 2.87. The van der Waals surface area contributed by atoms with E-state index in [0.29, 0.717) is 28.3 Å². The second kappa shape index (κ2) is 10.3. The lowest BCUT2D eigenvalue weighted by Gasteiger charge is -2.12. The van der Waals surface area contributed by atoms with Crippen molar-refractivity contribution in [1.82, 2.24) is 14.8 Å². The fraction of sp³-hybridized carbons (Fsp3) is 0.227. The minimum atomic E-state index is -0.0978. The minimum absolute atomic E-state index is 0.0978. The standard InChI is InChI=1S/C22H23ClN4O2S/c1-4-12-27-19(13-29-18-11-6-5-10-17(18)23)25-26-22(27)30-14-20(28)24-21-15(2)8-7-9-16(21)3/h4-11H,1,12-14H2,2-3H3,(H,24,28). The number of benzene rings is 2. The number of amides is 1. The molecule has 1 amide bonds. The van der Waals surface area contributed by atoms with Crippen molar-refractivity contribution in [1.29, 1.82) is 0 Å². The molecule has 0 spiro atoms. The van der Waals surface area contributed by atoms with E-state index >= 15 is 0 Å². The van der Waals surface area contributed by atoms with Crippen molar-refractivity contribution >= 4 is 35.0 Å². The molecule has 3 rings (SSSR count). The molecular weight excluding hydrogens is 420 g/mol. The van der Waals surface area contributed by atoms with Gasteiger partial charge in [-0.2, -0.15) is 0 Å². The summed E-state index contributed by atoms with van der Waals surface area (Å²) in [5, 5.41) is 12.6. The summed E-state index contributed by atoms with van der Waals surface area (Å²) >= 11 is 7.46. The van der Waals surface area contributed by atoms with Crippen LogP contribution in [-0.2, 0) is 17.9 Å². The first-order valence-corrected chi connectivity index (χ1v) is 10.7. The number of hydrogen-bond acceptors (Lipinski definition) is 5. The topological polar surface area (TPSA) is 69.0 Å². The van der Waals surface area contributed by atoms with Gasteiger partial charge in [-0.05, 0) is 37.1 Å². The van der Waals surface area contributed by atoms with E-state index in [-0.39, 0.29) is 18.3 Å². The van der Waals surface area contributed by atoms with Crippen molar-refractivity contribution in [2.75, 3.05) is 11.1 Å². The number of anilines is 1. The van der Waals surface area contributed by atoms with Crippen LogP contribution in [0.1, 0.15) is 17.0 Å². The number of thioether (sulfide) groups is 1. The maximum atomic E-state index is 12.5. The molecule has 0 bridgehead atoms. The summed E-state index contributed by atoms with van der Waals surface area (Å²) in [7, 11) is 0. The third-order valence-electron chi connectivity index (χ3n) is 4.38. The molecule has 1 N–H and O–H groups in total. The molecule has 0 aliphatic carbocycles. The summed E-state index contributed by atoms with van der Waals surface area (Å²) in [6, 6.07) is 13.2. The molecule has 1 heterocycles. The van der Waals surface area contributed by atoms with Gasteiger partial charge in [-0.15, -0.1) is 16.8 Å². The summed E-state index contributed by atoms with van der Waals surface area (Å²) in [5.41, 5.74) is 2.91. The van der Waals surface area contributed by atoms with Gasteiger partial charge in [0.1, 0.15) is 12.4 Å². The SMILES string of the molecule is C=CCn1c(COc2ccccc2Cl)nnc1SCC(=O)Nc1c(C)cccc1C. The number of carbonyl (C=O) groups is 1. The van der Waals surface area contributed by atoms with Crippen LogP contribution >= 0.6 is 23.4 Å². The van der Waals surface area contributed by atoms with Crippen LogP contribution in [0.4, 0.5) is 5.69 Å². The second-order valence-corrected chi connectivity index (χ2v) is 7.97. The predicted molar refractivity (Wildman–Crippen MR) is 121 cm³/mol. The third-order valence-corrected chi connectivity index (χ3v) is 5.66. The average Bonchev–Trinajstić information content (AvgIpc) is 3.11. The molecule has 0 radical (unpaired) electrons. The van der Waals surface area contributed by atoms with Gasteiger partial charge >= 0.3 is 0 Å². The molecule has 0 unspecified atom stereocenters. The number of ether oxygens (including phenoxy) is 1. The Morgan fingerprint density at radius 2 is 1.93 bits per heavy atom. The van der Waals surface area contributed by atoms with Gasteiger partial charge in [0.2, 0.25) is 5.91 Å². The lowest BCUT2D eigenvalue weighted by atomic mass is 10.1. The summed E-state index contributed by atoms with van der Waals surface area (Å²) in [6.45, 7) is 8.46. The van der Waals surface area contributed by atoms with Crippen LogP contribution in [0.3, 0.4) is 0 Å². The molecule has 0 aliphatic rings. The number of para-hydroxylation sites is 2. The van der Waals surface area contributed by atoms with E-state index in [4.69, 9.17) is 16.3 Å². The number of halogens is 1. The van der Waals surface area contributed by atoms with Gasteiger partial charge < -0.3 is 10.1 Å². The number of aryl methyl sites for hydroxylation is 2. The second-order valence-electron chi connectivity index (χ2n) is 6.62. The lowest BCUT2D eigenvalue weighted by molar-refractivity contribution is -0.113. The molecule has 0 saturated carbocycles. The van der Waals surface area contributed by atoms with Crippen molar-refractivity contribution in [3.8, 4) is 5.75 Å². The van der Waals surface area contributed by atoms with Gasteiger partial charge in [0.25, 0.3) is 0 Å². The number of nitrogens with one attached hydrogen (secondary N) is 1. The Bertz CT molecular complexity index is 1030. The molecule has 30 heavy (non-hydrogen) atoms. The van der Waals surface area contributed by atoms with E-state index in [2.05, 4.69) is 22.1 Å². The van der Waals surface area contributed by atoms with Gasteiger partial charge in [-0.1, -0.05) is 59.8 Å². The summed E-state index contributed by atoms with van der Waals surface area (Å²) in [6.07, 6.45) is 1.75. The third kappa shape index (κ3) is 5.43. The van der Waals surface area contributed by atoms with E-state index in [1.54, 1.807) is 18.2 Å². The Kier molecular flexibility index (Phi) is 7.54. The highest BCUT2D eigenvalue weighted by Gasteiger charge is 2.15. The maximum absolute atomic E-state index is 12.5. The summed E-state index contributed by atoms with van der Waals surface area (Å²) in [4.78, 5) is 12.5. The fourth-order valence-corrected chi connectivity index (χ4v) is 3.82. The molecule has 0 atom stereocenters. The van der Waals surface area contributed by atoms with Gasteiger partial charge in [0.15, 0.2) is 11.0 Å². The average molecular weight is 443 g/mol. The molecule has 1 aromatic heterocycles. The number of rotatable bonds is 9. The zero-order valence-corrected chi connectivity index (χ0v) is 18.5. The maximum Gasteiger partial charge on any atom is 0.234 e. The Labute approximate surface area is 185 Å². The molecule has 2 aromatic carbocycles. The van der Waals surface area contributed by atoms with E-state index in [0.717, 1.165) is 16.8 Å². The molecule has 156 valence electrons. The first-order valence-electron chi connectivity index (χ1n) is 9.38. The minimum Gasteiger partial charge on any atom is -0.484 e. The quantitative estimate of drug-likeness (QED) is 0.371. The van der Waals surface area contributed by atoms with Crippen LogP contribution in [0.2, 0.25) is 5.02 Å². The van der Waals surface area contributed by atoms with Crippen LogP contribution < -0.4 is 10.1 Å². The monoisotopic (exact) mass is 442 g/mol. The number of carbonyl (C=O) groups excluding carboxylic acids is 1. The van der Waals surface area contributed by atoms with Gasteiger partial charge in [0.05, 0.1) is 10.8 Å². The van der Waals surface area contributed by atoms with Crippen molar-refractivity contribution in [3.63, 3.8) is 0 Å². The molecule has 0 fully saturated rings. The molecule has 0 saturated heterocycles. The zero-order chi connectivity index (χ0) is 21.5. The predicted octanol–water partition coefficient (Wildman–Crippen LogP) is 5.04. The zero-order valence-electron chi connectivity index (χ0n) is 16.9. The Hall–Kier alpha value is -2.77. The molecule has 8 heteroatoms. The van der Waals surface area contributed by atoms with Gasteiger partial charge in [0, 0.05) is 12.2 Å². The Morgan fingerprint density at radius 3 is 2.63 bits per heavy atom. The van der Waals surface area contributed by atoms with Crippen molar-refractivity contribution < 1.29 is 9.53 Å². The largest absolute Gasteiger partial charge is 0.484 e. The van der Waals surface area contributed by atoms with Crippen molar-refractivity contribution in [2.45, 2.75) is 32.2 Å². The van der Waals surface area contributed by atoms with E-state index in [1.165, 1.54) is 11.8 Å². The molecule has 3 aromatic rings. The molecule has 6 nitrogen and oxygen atoms in total. The van der Waals surface area contributed by atoms with E-state index < -0.39 is 0 Å². The van der Waals surface area contributed by atoms with Gasteiger partial charge in [-0.25, -0.2) is 0 Å². The highest BCUT2D eigenvalue weighted by Crippen LogP contribution is 2.25. The van der Waals surface area contributed by atoms with Gasteiger partial charge in [-0.3, -0.25) is 9.36 Å². The van der Waals surface area contributed by atoms with Crippen LogP contribution in [-0.4, -0.2) is 26.4 Å². The highest BCUT2D eigenvalue weighted by atomic mass is 35.5. The van der Waals surface area contributed by atoms with Crippen LogP contribution in [0, 0.1) is 13.8 Å². The van der Waals surface area contributed by atoms with Crippen LogP contribution in [0.25, 0.3) is 0 Å². The van der Waals surface area contributed by atoms with Crippen LogP contribution in [0.15, 0.2) is 60.3 Å². The van der Waals surface area contributed by atoms with Crippen LogP contribution in [0.5, 0.6) is 5.75 Å². The number of nitrogens with zero attached hydrogens (tertiary/aromatic N) is 3. The summed E-state index contributed by atoms with van der Waals surface area (Å²) in [5.74, 6) is 1.33. The van der Waals surface area contributed by atoms with Crippen molar-refractivity contribution in [3.05, 3.63) is 77.1 Å². The number of hydrogen-bond donors (Lipinski definition) is 1. The first-order chi connectivity index (χ1) is 14.5. The van der Waals surface area contributed by atoms with Crippen molar-refractivity contribution in [2.24, 2.45) is 0 Å². The first kappa shape index (κ1) is 21.9. The molecular formula is C22H23ClN4O2S. The number of aromatic nitrogens is 3. The lowest BCUT2D eigenvalue weighted by Crippen LogP contribution is -2.16. The smallest absolute Gasteiger partial charge is 0.234 e. The molecule has 0 aliphatic heterocycles. The summed E-state index contributed by atoms with van der Waals surface area (Å²) < 4.78 is 7.65. The normalized spacial score (nSPS) is 10.6.